The Hall–Kier alpha value is -1.29. The average molecular weight is 351 g/mol. The van der Waals surface area contributed by atoms with Crippen LogP contribution in [0.2, 0.25) is 0 Å². The fourth-order valence-electron chi connectivity index (χ4n) is 3.71. The number of hydrogen-bond donors (Lipinski definition) is 1. The van der Waals surface area contributed by atoms with Crippen LogP contribution in [0.25, 0.3) is 0 Å². The van der Waals surface area contributed by atoms with Gasteiger partial charge in [0.15, 0.2) is 17.3 Å². The molecule has 2 aliphatic rings. The van der Waals surface area contributed by atoms with Gasteiger partial charge >= 0.3 is 0 Å². The van der Waals surface area contributed by atoms with E-state index in [4.69, 9.17) is 4.74 Å². The molecule has 0 saturated carbocycles. The lowest BCUT2D eigenvalue weighted by Gasteiger charge is -2.34. The highest BCUT2D eigenvalue weighted by atomic mass is 79.9. The molecule has 0 aromatic heterocycles. The van der Waals surface area contributed by atoms with E-state index >= 15 is 0 Å². The van der Waals surface area contributed by atoms with Crippen LogP contribution in [0.5, 0.6) is 11.5 Å². The largest absolute Gasteiger partial charge is 0.504 e. The molecule has 4 heteroatoms. The highest BCUT2D eigenvalue weighted by Gasteiger charge is 2.51. The van der Waals surface area contributed by atoms with E-state index in [1.807, 2.05) is 6.08 Å². The maximum atomic E-state index is 11.8. The van der Waals surface area contributed by atoms with Crippen LogP contribution in [0.15, 0.2) is 22.7 Å². The van der Waals surface area contributed by atoms with E-state index in [1.165, 1.54) is 0 Å². The Bertz CT molecular complexity index is 635. The molecular weight excluding hydrogens is 332 g/mol. The number of carbonyl (C=O) groups excluding carboxylic acids is 1. The van der Waals surface area contributed by atoms with Gasteiger partial charge in [-0.05, 0) is 30.5 Å². The summed E-state index contributed by atoms with van der Waals surface area (Å²) in [4.78, 5) is 11.8. The minimum atomic E-state index is -0.287. The summed E-state index contributed by atoms with van der Waals surface area (Å²) in [6.45, 7) is 4.24. The molecule has 0 fully saturated rings. The maximum Gasteiger partial charge on any atom is 0.165 e. The molecule has 1 N–H and O–H groups in total. The summed E-state index contributed by atoms with van der Waals surface area (Å²) in [5.74, 6) is 0.809. The van der Waals surface area contributed by atoms with Gasteiger partial charge in [0.1, 0.15) is 6.10 Å². The van der Waals surface area contributed by atoms with Crippen LogP contribution in [0.4, 0.5) is 0 Å². The topological polar surface area (TPSA) is 46.5 Å². The first-order valence-electron chi connectivity index (χ1n) is 7.47. The van der Waals surface area contributed by atoms with Gasteiger partial charge < -0.3 is 9.84 Å². The second-order valence-corrected chi connectivity index (χ2v) is 6.67. The number of phenols is 1. The van der Waals surface area contributed by atoms with Crippen molar-refractivity contribution in [1.29, 1.82) is 0 Å². The lowest BCUT2D eigenvalue weighted by Crippen LogP contribution is -2.41. The zero-order chi connectivity index (χ0) is 15.2. The lowest BCUT2D eigenvalue weighted by atomic mass is 9.68. The van der Waals surface area contributed by atoms with Crippen molar-refractivity contribution in [1.82, 2.24) is 0 Å². The van der Waals surface area contributed by atoms with Gasteiger partial charge in [0.25, 0.3) is 0 Å². The van der Waals surface area contributed by atoms with Gasteiger partial charge in [0, 0.05) is 16.5 Å². The Labute approximate surface area is 133 Å². The first-order valence-corrected chi connectivity index (χ1v) is 8.26. The standard InChI is InChI=1S/C17H19BrO3/c1-3-6-17-7-5-10(19)8-14(17)21-16-13(20)9-12(18)11(4-2)15(16)17/h5,7,9,14,20H,3-4,6,8H2,1-2H3/t14-,17+/m1/s1. The predicted octanol–water partition coefficient (Wildman–Crippen LogP) is 4.05. The minimum absolute atomic E-state index is 0.0936. The summed E-state index contributed by atoms with van der Waals surface area (Å²) in [7, 11) is 0. The molecular formula is C17H19BrO3. The molecule has 0 radical (unpaired) electrons. The second kappa shape index (κ2) is 5.16. The minimum Gasteiger partial charge on any atom is -0.504 e. The third-order valence-electron chi connectivity index (χ3n) is 4.58. The second-order valence-electron chi connectivity index (χ2n) is 5.81. The van der Waals surface area contributed by atoms with E-state index in [2.05, 4.69) is 29.8 Å². The zero-order valence-corrected chi connectivity index (χ0v) is 13.9. The highest BCUT2D eigenvalue weighted by Crippen LogP contribution is 2.55. The van der Waals surface area contributed by atoms with Gasteiger partial charge in [-0.25, -0.2) is 0 Å². The van der Waals surface area contributed by atoms with Crippen molar-refractivity contribution in [2.75, 3.05) is 0 Å². The number of halogens is 1. The maximum absolute atomic E-state index is 11.8. The molecule has 0 bridgehead atoms. The third-order valence-corrected chi connectivity index (χ3v) is 5.29. The Balaban J connectivity index is 2.29. The van der Waals surface area contributed by atoms with Crippen molar-refractivity contribution in [3.05, 3.63) is 33.8 Å². The number of phenolic OH excluding ortho intramolecular Hbond substituents is 1. The van der Waals surface area contributed by atoms with Crippen molar-refractivity contribution < 1.29 is 14.6 Å². The molecule has 21 heavy (non-hydrogen) atoms. The molecule has 1 aliphatic carbocycles. The van der Waals surface area contributed by atoms with Crippen molar-refractivity contribution in [2.45, 2.75) is 51.0 Å². The Morgan fingerprint density at radius 2 is 2.24 bits per heavy atom. The monoisotopic (exact) mass is 350 g/mol. The summed E-state index contributed by atoms with van der Waals surface area (Å²) >= 11 is 3.56. The van der Waals surface area contributed by atoms with Crippen LogP contribution in [0.1, 0.15) is 44.2 Å². The van der Waals surface area contributed by atoms with Crippen molar-refractivity contribution in [3.63, 3.8) is 0 Å². The first-order chi connectivity index (χ1) is 10.0. The molecule has 3 rings (SSSR count). The molecule has 0 amide bonds. The van der Waals surface area contributed by atoms with Gasteiger partial charge in [-0.1, -0.05) is 42.3 Å². The molecule has 2 atom stereocenters. The van der Waals surface area contributed by atoms with E-state index < -0.39 is 0 Å². The van der Waals surface area contributed by atoms with E-state index in [9.17, 15) is 9.90 Å². The van der Waals surface area contributed by atoms with E-state index in [1.54, 1.807) is 12.1 Å². The zero-order valence-electron chi connectivity index (χ0n) is 12.3. The molecule has 1 aromatic rings. The van der Waals surface area contributed by atoms with Gasteiger partial charge in [0.2, 0.25) is 0 Å². The summed E-state index contributed by atoms with van der Waals surface area (Å²) in [5.41, 5.74) is 1.94. The van der Waals surface area contributed by atoms with Crippen molar-refractivity contribution in [2.24, 2.45) is 0 Å². The van der Waals surface area contributed by atoms with Crippen LogP contribution in [-0.4, -0.2) is 17.0 Å². The Morgan fingerprint density at radius 1 is 1.48 bits per heavy atom. The van der Waals surface area contributed by atoms with E-state index in [0.29, 0.717) is 12.2 Å². The van der Waals surface area contributed by atoms with Gasteiger partial charge in [-0.2, -0.15) is 0 Å². The van der Waals surface area contributed by atoms with Crippen LogP contribution >= 0.6 is 15.9 Å². The molecule has 112 valence electrons. The lowest BCUT2D eigenvalue weighted by molar-refractivity contribution is -0.117. The van der Waals surface area contributed by atoms with Crippen LogP contribution < -0.4 is 4.74 Å². The smallest absolute Gasteiger partial charge is 0.165 e. The quantitative estimate of drug-likeness (QED) is 0.894. The molecule has 0 unspecified atom stereocenters. The summed E-state index contributed by atoms with van der Waals surface area (Å²) in [6, 6.07) is 1.69. The number of aromatic hydroxyl groups is 1. The van der Waals surface area contributed by atoms with E-state index in [-0.39, 0.29) is 23.1 Å². The molecule has 1 aliphatic heterocycles. The summed E-state index contributed by atoms with van der Waals surface area (Å²) < 4.78 is 6.93. The van der Waals surface area contributed by atoms with Gasteiger partial charge in [-0.3, -0.25) is 4.79 Å². The molecule has 3 nitrogen and oxygen atoms in total. The van der Waals surface area contributed by atoms with Crippen molar-refractivity contribution in [3.8, 4) is 11.5 Å². The first kappa shape index (κ1) is 14.6. The Kier molecular flexibility index (Phi) is 3.60. The van der Waals surface area contributed by atoms with Crippen LogP contribution in [0.3, 0.4) is 0 Å². The number of allylic oxidation sites excluding steroid dienone is 1. The third kappa shape index (κ3) is 2.03. The SMILES string of the molecule is CCC[C@]12C=CC(=O)C[C@H]1Oc1c(O)cc(Br)c(CC)c12. The number of carbonyl (C=O) groups is 1. The fourth-order valence-corrected chi connectivity index (χ4v) is 4.41. The number of ketones is 1. The number of rotatable bonds is 3. The highest BCUT2D eigenvalue weighted by molar-refractivity contribution is 9.10. The molecule has 0 spiro atoms. The number of hydrogen-bond acceptors (Lipinski definition) is 3. The predicted molar refractivity (Wildman–Crippen MR) is 85.0 cm³/mol. The molecule has 1 aromatic carbocycles. The number of benzene rings is 1. The summed E-state index contributed by atoms with van der Waals surface area (Å²) in [5, 5.41) is 10.3. The van der Waals surface area contributed by atoms with Crippen LogP contribution in [-0.2, 0) is 16.6 Å². The normalized spacial score (nSPS) is 26.4. The van der Waals surface area contributed by atoms with Gasteiger partial charge in [-0.15, -0.1) is 0 Å². The number of fused-ring (bicyclic) bond motifs is 3. The molecule has 0 saturated heterocycles. The van der Waals surface area contributed by atoms with Gasteiger partial charge in [0.05, 0.1) is 5.41 Å². The average Bonchev–Trinajstić information content (AvgIpc) is 2.75. The van der Waals surface area contributed by atoms with E-state index in [0.717, 1.165) is 34.9 Å². The number of ether oxygens (including phenoxy) is 1. The Morgan fingerprint density at radius 3 is 2.90 bits per heavy atom. The van der Waals surface area contributed by atoms with Crippen molar-refractivity contribution >= 4 is 21.7 Å². The molecule has 1 heterocycles. The fraction of sp³-hybridized carbons (Fsp3) is 0.471. The van der Waals surface area contributed by atoms with Crippen LogP contribution in [0, 0.1) is 0 Å². The summed E-state index contributed by atoms with van der Waals surface area (Å²) in [6.07, 6.45) is 6.63.